The van der Waals surface area contributed by atoms with Crippen molar-refractivity contribution >= 4 is 34.8 Å². The highest BCUT2D eigenvalue weighted by molar-refractivity contribution is 7.99. The fourth-order valence-corrected chi connectivity index (χ4v) is 4.54. The third-order valence-corrected chi connectivity index (χ3v) is 6.33. The van der Waals surface area contributed by atoms with E-state index >= 15 is 0 Å². The number of phenolic OH excluding ortho intramolecular Hbond substituents is 1. The maximum Gasteiger partial charge on any atom is 0.125 e. The molecule has 0 fully saturated rings. The lowest BCUT2D eigenvalue weighted by Crippen LogP contribution is -2.06. The highest BCUT2D eigenvalue weighted by Crippen LogP contribution is 2.46. The van der Waals surface area contributed by atoms with Crippen molar-refractivity contribution in [1.29, 1.82) is 0 Å². The van der Waals surface area contributed by atoms with Crippen molar-refractivity contribution in [1.82, 2.24) is 0 Å². The first-order valence-electron chi connectivity index (χ1n) is 8.59. The molecule has 27 heavy (non-hydrogen) atoms. The molecule has 0 spiro atoms. The van der Waals surface area contributed by atoms with Crippen LogP contribution in [0.25, 0.3) is 0 Å². The van der Waals surface area contributed by atoms with Crippen LogP contribution in [0.5, 0.6) is 5.75 Å². The van der Waals surface area contributed by atoms with Gasteiger partial charge in [0, 0.05) is 27.2 Å². The molecule has 3 aromatic rings. The van der Waals surface area contributed by atoms with Crippen LogP contribution in [-0.4, -0.2) is 10.8 Å². The highest BCUT2D eigenvalue weighted by Gasteiger charge is 2.24. The zero-order valence-electron chi connectivity index (χ0n) is 14.6. The van der Waals surface area contributed by atoms with E-state index in [1.807, 2.05) is 31.2 Å². The minimum atomic E-state index is -0.255. The second-order valence-corrected chi connectivity index (χ2v) is 8.16. The van der Waals surface area contributed by atoms with Gasteiger partial charge in [-0.25, -0.2) is 4.39 Å². The third kappa shape index (κ3) is 3.73. The van der Waals surface area contributed by atoms with Gasteiger partial charge < -0.3 is 5.11 Å². The number of benzene rings is 3. The zero-order valence-corrected chi connectivity index (χ0v) is 16.2. The number of halogens is 2. The standard InChI is InChI=1S/C22H17ClFNOS/c1-13-10-20(26)16(11-17(13)23)19-12-22(14-6-8-15(24)9-7-14)27-21-5-3-2-4-18(21)25-19/h2-11,22,26H,12H2,1H3. The van der Waals surface area contributed by atoms with Crippen molar-refractivity contribution in [3.8, 4) is 5.75 Å². The summed E-state index contributed by atoms with van der Waals surface area (Å²) in [4.78, 5) is 5.89. The van der Waals surface area contributed by atoms with Crippen LogP contribution in [0.2, 0.25) is 5.02 Å². The van der Waals surface area contributed by atoms with Crippen molar-refractivity contribution in [2.45, 2.75) is 23.5 Å². The van der Waals surface area contributed by atoms with Gasteiger partial charge >= 0.3 is 0 Å². The minimum absolute atomic E-state index is 0.0486. The zero-order chi connectivity index (χ0) is 19.0. The predicted octanol–water partition coefficient (Wildman–Crippen LogP) is 6.85. The van der Waals surface area contributed by atoms with Gasteiger partial charge in [0.25, 0.3) is 0 Å². The normalized spacial score (nSPS) is 16.4. The van der Waals surface area contributed by atoms with Crippen LogP contribution in [-0.2, 0) is 0 Å². The molecule has 136 valence electrons. The maximum atomic E-state index is 13.4. The van der Waals surface area contributed by atoms with E-state index in [2.05, 4.69) is 0 Å². The van der Waals surface area contributed by atoms with E-state index in [1.54, 1.807) is 36.0 Å². The number of aromatic hydroxyl groups is 1. The number of para-hydroxylation sites is 1. The molecule has 0 aromatic heterocycles. The Morgan fingerprint density at radius 2 is 1.85 bits per heavy atom. The lowest BCUT2D eigenvalue weighted by molar-refractivity contribution is 0.473. The summed E-state index contributed by atoms with van der Waals surface area (Å²) < 4.78 is 13.4. The Morgan fingerprint density at radius 3 is 2.63 bits per heavy atom. The largest absolute Gasteiger partial charge is 0.507 e. The molecule has 1 N–H and O–H groups in total. The summed E-state index contributed by atoms with van der Waals surface area (Å²) in [7, 11) is 0. The summed E-state index contributed by atoms with van der Waals surface area (Å²) in [6.45, 7) is 1.85. The van der Waals surface area contributed by atoms with Crippen molar-refractivity contribution in [2.24, 2.45) is 4.99 Å². The van der Waals surface area contributed by atoms with E-state index in [9.17, 15) is 9.50 Å². The molecule has 3 aromatic carbocycles. The molecule has 1 aliphatic rings. The van der Waals surface area contributed by atoms with E-state index in [1.165, 1.54) is 12.1 Å². The fraction of sp³-hybridized carbons (Fsp3) is 0.136. The quantitative estimate of drug-likeness (QED) is 0.512. The third-order valence-electron chi connectivity index (χ3n) is 4.60. The fourth-order valence-electron chi connectivity index (χ4n) is 3.14. The van der Waals surface area contributed by atoms with Gasteiger partial charge in [0.15, 0.2) is 0 Å². The molecule has 1 aliphatic heterocycles. The topological polar surface area (TPSA) is 32.6 Å². The SMILES string of the molecule is Cc1cc(O)c(C2=Nc3ccccc3SC(c3ccc(F)cc3)C2)cc1Cl. The van der Waals surface area contributed by atoms with Gasteiger partial charge in [-0.3, -0.25) is 4.99 Å². The average Bonchev–Trinajstić information content (AvgIpc) is 2.85. The predicted molar refractivity (Wildman–Crippen MR) is 110 cm³/mol. The molecule has 0 aliphatic carbocycles. The summed E-state index contributed by atoms with van der Waals surface area (Å²) >= 11 is 8.00. The van der Waals surface area contributed by atoms with Crippen molar-refractivity contribution in [3.63, 3.8) is 0 Å². The number of aryl methyl sites for hydroxylation is 1. The summed E-state index contributed by atoms with van der Waals surface area (Å²) in [5.41, 5.74) is 4.09. The molecule has 0 amide bonds. The molecule has 0 radical (unpaired) electrons. The minimum Gasteiger partial charge on any atom is -0.507 e. The Kier molecular flexibility index (Phi) is 4.94. The Bertz CT molecular complexity index is 1030. The molecule has 1 unspecified atom stereocenters. The Labute approximate surface area is 166 Å². The number of hydrogen-bond donors (Lipinski definition) is 1. The molecule has 4 rings (SSSR count). The number of phenols is 1. The summed E-state index contributed by atoms with van der Waals surface area (Å²) in [6, 6.07) is 17.9. The summed E-state index contributed by atoms with van der Waals surface area (Å²) in [5, 5.41) is 11.1. The first-order chi connectivity index (χ1) is 13.0. The molecule has 1 atom stereocenters. The Hall–Kier alpha value is -2.30. The second kappa shape index (κ2) is 7.37. The summed E-state index contributed by atoms with van der Waals surface area (Å²) in [5.74, 6) is -0.0903. The number of nitrogens with zero attached hydrogens (tertiary/aromatic N) is 1. The van der Waals surface area contributed by atoms with E-state index < -0.39 is 0 Å². The van der Waals surface area contributed by atoms with Crippen LogP contribution in [0, 0.1) is 12.7 Å². The maximum absolute atomic E-state index is 13.4. The first kappa shape index (κ1) is 18.1. The van der Waals surface area contributed by atoms with Crippen molar-refractivity contribution in [3.05, 3.63) is 88.2 Å². The monoisotopic (exact) mass is 397 g/mol. The van der Waals surface area contributed by atoms with Gasteiger partial charge in [0.05, 0.1) is 11.4 Å². The van der Waals surface area contributed by atoms with Gasteiger partial charge in [0.1, 0.15) is 11.6 Å². The highest BCUT2D eigenvalue weighted by atomic mass is 35.5. The lowest BCUT2D eigenvalue weighted by atomic mass is 9.99. The van der Waals surface area contributed by atoms with Crippen molar-refractivity contribution < 1.29 is 9.50 Å². The van der Waals surface area contributed by atoms with Crippen LogP contribution in [0.15, 0.2) is 70.6 Å². The van der Waals surface area contributed by atoms with E-state index in [0.717, 1.165) is 27.4 Å². The number of thioether (sulfide) groups is 1. The molecule has 0 bridgehead atoms. The van der Waals surface area contributed by atoms with E-state index in [-0.39, 0.29) is 16.8 Å². The number of rotatable bonds is 2. The summed E-state index contributed by atoms with van der Waals surface area (Å²) in [6.07, 6.45) is 0.595. The second-order valence-electron chi connectivity index (χ2n) is 6.51. The molecular formula is C22H17ClFNOS. The molecule has 2 nitrogen and oxygen atoms in total. The Morgan fingerprint density at radius 1 is 1.11 bits per heavy atom. The molecule has 0 saturated carbocycles. The van der Waals surface area contributed by atoms with Gasteiger partial charge in [-0.15, -0.1) is 11.8 Å². The van der Waals surface area contributed by atoms with Crippen LogP contribution < -0.4 is 0 Å². The smallest absolute Gasteiger partial charge is 0.125 e. The van der Waals surface area contributed by atoms with Crippen LogP contribution in [0.4, 0.5) is 10.1 Å². The van der Waals surface area contributed by atoms with Crippen LogP contribution in [0.1, 0.15) is 28.4 Å². The van der Waals surface area contributed by atoms with Gasteiger partial charge in [0.2, 0.25) is 0 Å². The van der Waals surface area contributed by atoms with E-state index in [0.29, 0.717) is 17.0 Å². The Balaban J connectivity index is 1.84. The average molecular weight is 398 g/mol. The molecule has 1 heterocycles. The van der Waals surface area contributed by atoms with E-state index in [4.69, 9.17) is 16.6 Å². The lowest BCUT2D eigenvalue weighted by Gasteiger charge is -2.17. The molecule has 0 saturated heterocycles. The van der Waals surface area contributed by atoms with Crippen molar-refractivity contribution in [2.75, 3.05) is 0 Å². The van der Waals surface area contributed by atoms with Gasteiger partial charge in [-0.2, -0.15) is 0 Å². The number of aliphatic imine (C=N–C) groups is 1. The van der Waals surface area contributed by atoms with Crippen LogP contribution >= 0.6 is 23.4 Å². The number of fused-ring (bicyclic) bond motifs is 1. The van der Waals surface area contributed by atoms with Crippen LogP contribution in [0.3, 0.4) is 0 Å². The molecule has 5 heteroatoms. The number of hydrogen-bond acceptors (Lipinski definition) is 3. The van der Waals surface area contributed by atoms with Gasteiger partial charge in [-0.1, -0.05) is 35.9 Å². The molecular weight excluding hydrogens is 381 g/mol. The van der Waals surface area contributed by atoms with Gasteiger partial charge in [-0.05, 0) is 54.4 Å². The first-order valence-corrected chi connectivity index (χ1v) is 9.85.